The van der Waals surface area contributed by atoms with Crippen LogP contribution in [0, 0.1) is 0 Å². The van der Waals surface area contributed by atoms with Crippen LogP contribution in [0.4, 0.5) is 0 Å². The Kier molecular flexibility index (Phi) is 3.71. The summed E-state index contributed by atoms with van der Waals surface area (Å²) in [5, 5.41) is 4.30. The smallest absolute Gasteiger partial charge is 0.226 e. The lowest BCUT2D eigenvalue weighted by Gasteiger charge is -2.22. The van der Waals surface area contributed by atoms with Crippen molar-refractivity contribution in [3.63, 3.8) is 0 Å². The van der Waals surface area contributed by atoms with Gasteiger partial charge in [-0.2, -0.15) is 5.10 Å². The van der Waals surface area contributed by atoms with Crippen molar-refractivity contribution in [1.82, 2.24) is 19.7 Å². The molecule has 1 fully saturated rings. The molecular weight excluding hydrogens is 288 g/mol. The van der Waals surface area contributed by atoms with E-state index in [1.54, 1.807) is 6.26 Å². The summed E-state index contributed by atoms with van der Waals surface area (Å²) in [5.74, 6) is 0.692. The fourth-order valence-electron chi connectivity index (χ4n) is 3.31. The molecule has 0 aliphatic carbocycles. The standard InChI is InChI=1S/C18H20N4O/c1-21-11-15(10-19-21)17-8-5-9-22(17)12-16-13-23-18(20-16)14-6-3-2-4-7-14/h2-4,6-7,10-11,13,17H,5,8-9,12H2,1H3/t17-/m0/s1. The Morgan fingerprint density at radius 3 is 2.91 bits per heavy atom. The lowest BCUT2D eigenvalue weighted by Crippen LogP contribution is -2.22. The number of aryl methyl sites for hydroxylation is 1. The third-order valence-corrected chi connectivity index (χ3v) is 4.41. The summed E-state index contributed by atoms with van der Waals surface area (Å²) in [4.78, 5) is 7.11. The molecule has 1 atom stereocenters. The van der Waals surface area contributed by atoms with Crippen LogP contribution >= 0.6 is 0 Å². The fourth-order valence-corrected chi connectivity index (χ4v) is 3.31. The Bertz CT molecular complexity index is 777. The Hall–Kier alpha value is -2.40. The SMILES string of the molecule is Cn1cc([C@@H]2CCCN2Cc2coc(-c3ccccc3)n2)cn1. The van der Waals surface area contributed by atoms with Crippen molar-refractivity contribution >= 4 is 0 Å². The summed E-state index contributed by atoms with van der Waals surface area (Å²) < 4.78 is 7.52. The predicted octanol–water partition coefficient (Wildman–Crippen LogP) is 3.41. The molecule has 0 bridgehead atoms. The van der Waals surface area contributed by atoms with E-state index in [4.69, 9.17) is 4.42 Å². The molecule has 2 aromatic heterocycles. The molecule has 1 aliphatic heterocycles. The molecule has 0 saturated carbocycles. The number of likely N-dealkylation sites (tertiary alicyclic amines) is 1. The monoisotopic (exact) mass is 308 g/mol. The van der Waals surface area contributed by atoms with Crippen LogP contribution in [0.2, 0.25) is 0 Å². The van der Waals surface area contributed by atoms with E-state index in [1.165, 1.54) is 18.4 Å². The maximum absolute atomic E-state index is 5.65. The van der Waals surface area contributed by atoms with E-state index in [1.807, 2.05) is 48.3 Å². The van der Waals surface area contributed by atoms with Gasteiger partial charge in [0.15, 0.2) is 0 Å². The molecule has 3 heterocycles. The lowest BCUT2D eigenvalue weighted by molar-refractivity contribution is 0.245. The zero-order chi connectivity index (χ0) is 15.6. The van der Waals surface area contributed by atoms with Gasteiger partial charge in [-0.15, -0.1) is 0 Å². The molecule has 0 N–H and O–H groups in total. The molecule has 1 saturated heterocycles. The number of hydrogen-bond acceptors (Lipinski definition) is 4. The van der Waals surface area contributed by atoms with Crippen LogP contribution in [0.15, 0.2) is 53.4 Å². The highest BCUT2D eigenvalue weighted by Gasteiger charge is 2.27. The van der Waals surface area contributed by atoms with Gasteiger partial charge >= 0.3 is 0 Å². The van der Waals surface area contributed by atoms with Gasteiger partial charge in [-0.25, -0.2) is 4.98 Å². The third-order valence-electron chi connectivity index (χ3n) is 4.41. The van der Waals surface area contributed by atoms with Gasteiger partial charge in [0.05, 0.1) is 11.9 Å². The minimum Gasteiger partial charge on any atom is -0.444 e. The van der Waals surface area contributed by atoms with Crippen molar-refractivity contribution in [2.24, 2.45) is 7.05 Å². The van der Waals surface area contributed by atoms with Gasteiger partial charge in [-0.1, -0.05) is 18.2 Å². The van der Waals surface area contributed by atoms with E-state index in [0.717, 1.165) is 24.3 Å². The Morgan fingerprint density at radius 1 is 1.26 bits per heavy atom. The van der Waals surface area contributed by atoms with Gasteiger partial charge in [0, 0.05) is 37.0 Å². The van der Waals surface area contributed by atoms with Crippen molar-refractivity contribution in [3.8, 4) is 11.5 Å². The number of nitrogens with zero attached hydrogens (tertiary/aromatic N) is 4. The summed E-state index contributed by atoms with van der Waals surface area (Å²) in [5.41, 5.74) is 3.29. The van der Waals surface area contributed by atoms with Gasteiger partial charge in [-0.3, -0.25) is 9.58 Å². The Labute approximate surface area is 135 Å². The van der Waals surface area contributed by atoms with Crippen LogP contribution in [0.5, 0.6) is 0 Å². The molecule has 5 nitrogen and oxygen atoms in total. The first-order chi connectivity index (χ1) is 11.3. The summed E-state index contributed by atoms with van der Waals surface area (Å²) in [6.45, 7) is 1.91. The van der Waals surface area contributed by atoms with Gasteiger partial charge < -0.3 is 4.42 Å². The van der Waals surface area contributed by atoms with Crippen molar-refractivity contribution in [2.75, 3.05) is 6.54 Å². The van der Waals surface area contributed by atoms with Crippen molar-refractivity contribution in [1.29, 1.82) is 0 Å². The van der Waals surface area contributed by atoms with Gasteiger partial charge in [0.25, 0.3) is 0 Å². The minimum absolute atomic E-state index is 0.431. The molecule has 3 aromatic rings. The normalized spacial score (nSPS) is 18.6. The lowest BCUT2D eigenvalue weighted by atomic mass is 10.1. The maximum Gasteiger partial charge on any atom is 0.226 e. The molecule has 0 unspecified atom stereocenters. The molecule has 118 valence electrons. The van der Waals surface area contributed by atoms with Crippen LogP contribution in [-0.2, 0) is 13.6 Å². The molecule has 1 aromatic carbocycles. The zero-order valence-electron chi connectivity index (χ0n) is 13.2. The topological polar surface area (TPSA) is 47.1 Å². The van der Waals surface area contributed by atoms with E-state index in [-0.39, 0.29) is 0 Å². The van der Waals surface area contributed by atoms with E-state index >= 15 is 0 Å². The van der Waals surface area contributed by atoms with E-state index in [0.29, 0.717) is 11.9 Å². The molecule has 5 heteroatoms. The molecule has 0 radical (unpaired) electrons. The second kappa shape index (κ2) is 6.01. The quantitative estimate of drug-likeness (QED) is 0.741. The first kappa shape index (κ1) is 14.2. The molecule has 0 spiro atoms. The molecular formula is C18H20N4O. The number of hydrogen-bond donors (Lipinski definition) is 0. The number of aromatic nitrogens is 3. The summed E-state index contributed by atoms with van der Waals surface area (Å²) in [6.07, 6.45) is 8.25. The second-order valence-corrected chi connectivity index (χ2v) is 6.09. The van der Waals surface area contributed by atoms with Crippen LogP contribution in [0.1, 0.15) is 30.1 Å². The highest BCUT2D eigenvalue weighted by molar-refractivity contribution is 5.52. The first-order valence-corrected chi connectivity index (χ1v) is 8.02. The molecule has 0 amide bonds. The van der Waals surface area contributed by atoms with Crippen molar-refractivity contribution in [3.05, 3.63) is 60.2 Å². The highest BCUT2D eigenvalue weighted by atomic mass is 16.3. The van der Waals surface area contributed by atoms with Crippen molar-refractivity contribution in [2.45, 2.75) is 25.4 Å². The van der Waals surface area contributed by atoms with E-state index < -0.39 is 0 Å². The average molecular weight is 308 g/mol. The third kappa shape index (κ3) is 2.92. The van der Waals surface area contributed by atoms with Crippen LogP contribution < -0.4 is 0 Å². The Balaban J connectivity index is 1.50. The largest absolute Gasteiger partial charge is 0.444 e. The first-order valence-electron chi connectivity index (χ1n) is 8.02. The van der Waals surface area contributed by atoms with Crippen LogP contribution in [-0.4, -0.2) is 26.2 Å². The maximum atomic E-state index is 5.65. The predicted molar refractivity (Wildman–Crippen MR) is 87.5 cm³/mol. The molecule has 1 aliphatic rings. The number of rotatable bonds is 4. The van der Waals surface area contributed by atoms with Gasteiger partial charge in [-0.05, 0) is 31.5 Å². The molecule has 23 heavy (non-hydrogen) atoms. The van der Waals surface area contributed by atoms with Gasteiger partial charge in [0.2, 0.25) is 5.89 Å². The zero-order valence-corrected chi connectivity index (χ0v) is 13.2. The Morgan fingerprint density at radius 2 is 2.13 bits per heavy atom. The fraction of sp³-hybridized carbons (Fsp3) is 0.333. The second-order valence-electron chi connectivity index (χ2n) is 6.09. The summed E-state index contributed by atoms with van der Waals surface area (Å²) >= 11 is 0. The number of oxazole rings is 1. The van der Waals surface area contributed by atoms with E-state index in [9.17, 15) is 0 Å². The number of benzene rings is 1. The summed E-state index contributed by atoms with van der Waals surface area (Å²) in [6, 6.07) is 10.5. The van der Waals surface area contributed by atoms with Crippen LogP contribution in [0.3, 0.4) is 0 Å². The van der Waals surface area contributed by atoms with Crippen LogP contribution in [0.25, 0.3) is 11.5 Å². The van der Waals surface area contributed by atoms with Crippen molar-refractivity contribution < 1.29 is 4.42 Å². The average Bonchev–Trinajstić information content (AvgIpc) is 3.29. The minimum atomic E-state index is 0.431. The van der Waals surface area contributed by atoms with E-state index in [2.05, 4.69) is 21.2 Å². The highest BCUT2D eigenvalue weighted by Crippen LogP contribution is 2.33. The summed E-state index contributed by atoms with van der Waals surface area (Å²) in [7, 11) is 1.96. The molecule has 4 rings (SSSR count). The van der Waals surface area contributed by atoms with Gasteiger partial charge in [0.1, 0.15) is 6.26 Å².